The van der Waals surface area contributed by atoms with Gasteiger partial charge in [0.15, 0.2) is 0 Å². The topological polar surface area (TPSA) is 0 Å². The molecule has 0 heterocycles. The lowest BCUT2D eigenvalue weighted by atomic mass is 9.88. The second-order valence-corrected chi connectivity index (χ2v) is 9.44. The number of allylic oxidation sites excluding steroid dienone is 2. The Bertz CT molecular complexity index is 1480. The molecule has 0 spiro atoms. The van der Waals surface area contributed by atoms with Gasteiger partial charge in [-0.05, 0) is 82.8 Å². The lowest BCUT2D eigenvalue weighted by Gasteiger charge is -2.16. The number of hydrogen-bond acceptors (Lipinski definition) is 0. The molecule has 0 aliphatic carbocycles. The highest BCUT2D eigenvalue weighted by atomic mass is 14.2. The minimum atomic E-state index is 0.915. The summed E-state index contributed by atoms with van der Waals surface area (Å²) >= 11 is 0. The number of hydrogen-bond donors (Lipinski definition) is 0. The Morgan fingerprint density at radius 2 is 0.944 bits per heavy atom. The maximum Gasteiger partial charge on any atom is -0.00852 e. The first-order chi connectivity index (χ1) is 17.6. The Hall–Kier alpha value is -4.16. The van der Waals surface area contributed by atoms with Crippen LogP contribution in [0.4, 0.5) is 0 Å². The maximum absolute atomic E-state index is 2.26. The van der Waals surface area contributed by atoms with Crippen molar-refractivity contribution >= 4 is 0 Å². The fourth-order valence-corrected chi connectivity index (χ4v) is 4.88. The Morgan fingerprint density at radius 1 is 0.472 bits per heavy atom. The molecule has 36 heavy (non-hydrogen) atoms. The highest BCUT2D eigenvalue weighted by Gasteiger charge is 2.12. The van der Waals surface area contributed by atoms with Crippen LogP contribution in [0, 0.1) is 13.8 Å². The molecular formula is C36H32. The fourth-order valence-electron chi connectivity index (χ4n) is 4.88. The molecule has 0 atom stereocenters. The lowest BCUT2D eigenvalue weighted by Crippen LogP contribution is -1.95. The van der Waals surface area contributed by atoms with Crippen molar-refractivity contribution in [3.05, 3.63) is 144 Å². The zero-order chi connectivity index (χ0) is 24.9. The third kappa shape index (κ3) is 4.95. The van der Waals surface area contributed by atoms with Crippen LogP contribution in [0.2, 0.25) is 0 Å². The van der Waals surface area contributed by atoms with E-state index in [0.717, 1.165) is 6.42 Å². The summed E-state index contributed by atoms with van der Waals surface area (Å²) in [5, 5.41) is 0. The van der Waals surface area contributed by atoms with Gasteiger partial charge in [-0.25, -0.2) is 0 Å². The largest absolute Gasteiger partial charge is 0.0913 e. The molecule has 0 saturated carbocycles. The Balaban J connectivity index is 1.48. The molecule has 0 aliphatic heterocycles. The number of rotatable bonds is 6. The summed E-state index contributed by atoms with van der Waals surface area (Å²) in [5.74, 6) is 0. The first kappa shape index (κ1) is 23.6. The molecule has 5 rings (SSSR count). The summed E-state index contributed by atoms with van der Waals surface area (Å²) in [7, 11) is 0. The van der Waals surface area contributed by atoms with Gasteiger partial charge in [0.2, 0.25) is 0 Å². The molecule has 0 aliphatic rings. The van der Waals surface area contributed by atoms with Crippen LogP contribution in [-0.2, 0) is 6.42 Å². The predicted octanol–water partition coefficient (Wildman–Crippen LogP) is 10.1. The van der Waals surface area contributed by atoms with Crippen molar-refractivity contribution in [2.75, 3.05) is 0 Å². The number of benzene rings is 5. The quantitative estimate of drug-likeness (QED) is 0.219. The van der Waals surface area contributed by atoms with E-state index in [1.807, 2.05) is 0 Å². The second kappa shape index (κ2) is 10.6. The average molecular weight is 465 g/mol. The van der Waals surface area contributed by atoms with E-state index >= 15 is 0 Å². The van der Waals surface area contributed by atoms with E-state index in [4.69, 9.17) is 0 Å². The normalized spacial score (nSPS) is 11.2. The maximum atomic E-state index is 2.26. The molecule has 0 aromatic heterocycles. The van der Waals surface area contributed by atoms with Crippen LogP contribution in [0.1, 0.15) is 23.6 Å². The van der Waals surface area contributed by atoms with Crippen molar-refractivity contribution in [1.82, 2.24) is 0 Å². The first-order valence-corrected chi connectivity index (χ1v) is 12.7. The van der Waals surface area contributed by atoms with E-state index in [-0.39, 0.29) is 0 Å². The lowest BCUT2D eigenvalue weighted by molar-refractivity contribution is 1.26. The van der Waals surface area contributed by atoms with Crippen molar-refractivity contribution in [1.29, 1.82) is 0 Å². The highest BCUT2D eigenvalue weighted by molar-refractivity contribution is 5.81. The second-order valence-electron chi connectivity index (χ2n) is 9.44. The Labute approximate surface area is 215 Å². The predicted molar refractivity (Wildman–Crippen MR) is 156 cm³/mol. The van der Waals surface area contributed by atoms with Crippen molar-refractivity contribution in [3.8, 4) is 44.5 Å². The van der Waals surface area contributed by atoms with Crippen molar-refractivity contribution in [3.63, 3.8) is 0 Å². The van der Waals surface area contributed by atoms with E-state index in [1.165, 1.54) is 61.2 Å². The summed E-state index contributed by atoms with van der Waals surface area (Å²) < 4.78 is 0. The summed E-state index contributed by atoms with van der Waals surface area (Å²) in [6.45, 7) is 6.41. The van der Waals surface area contributed by atoms with Crippen LogP contribution < -0.4 is 0 Å². The van der Waals surface area contributed by atoms with Crippen LogP contribution in [0.5, 0.6) is 0 Å². The van der Waals surface area contributed by atoms with E-state index < -0.39 is 0 Å². The van der Waals surface area contributed by atoms with Gasteiger partial charge >= 0.3 is 0 Å². The molecule has 0 bridgehead atoms. The van der Waals surface area contributed by atoms with Gasteiger partial charge in [0, 0.05) is 0 Å². The SMILES string of the molecule is C/C=C/Cc1c(-c2ccc(-c3ccc(-c4ccc(C)cc4)cc3)cc2)cccc1-c1ccccc1C. The molecule has 0 N–H and O–H groups in total. The third-order valence-electron chi connectivity index (χ3n) is 6.97. The monoisotopic (exact) mass is 464 g/mol. The van der Waals surface area contributed by atoms with Crippen LogP contribution >= 0.6 is 0 Å². The minimum absolute atomic E-state index is 0.915. The van der Waals surface area contributed by atoms with Gasteiger partial charge in [0.1, 0.15) is 0 Å². The third-order valence-corrected chi connectivity index (χ3v) is 6.97. The standard InChI is InChI=1S/C36H32/c1-4-5-10-36-34(12-8-13-35(36)33-11-7-6-9-27(33)3)32-24-22-31(23-25-32)30-20-18-29(19-21-30)28-16-14-26(2)15-17-28/h4-9,11-25H,10H2,1-3H3/b5-4+. The van der Waals surface area contributed by atoms with Crippen LogP contribution in [0.25, 0.3) is 44.5 Å². The fraction of sp³-hybridized carbons (Fsp3) is 0.111. The molecule has 0 nitrogen and oxygen atoms in total. The van der Waals surface area contributed by atoms with Gasteiger partial charge in [0.05, 0.1) is 0 Å². The molecule has 0 radical (unpaired) electrons. The molecule has 0 heteroatoms. The van der Waals surface area contributed by atoms with E-state index in [0.29, 0.717) is 0 Å². The first-order valence-electron chi connectivity index (χ1n) is 12.7. The van der Waals surface area contributed by atoms with E-state index in [9.17, 15) is 0 Å². The highest BCUT2D eigenvalue weighted by Crippen LogP contribution is 2.35. The van der Waals surface area contributed by atoms with Crippen LogP contribution in [0.15, 0.2) is 127 Å². The van der Waals surface area contributed by atoms with Gasteiger partial charge in [-0.3, -0.25) is 0 Å². The number of aryl methyl sites for hydroxylation is 2. The van der Waals surface area contributed by atoms with Gasteiger partial charge in [-0.2, -0.15) is 0 Å². The van der Waals surface area contributed by atoms with Gasteiger partial charge in [-0.15, -0.1) is 0 Å². The molecule has 0 fully saturated rings. The Morgan fingerprint density at radius 3 is 1.50 bits per heavy atom. The molecule has 0 saturated heterocycles. The van der Waals surface area contributed by atoms with Gasteiger partial charge < -0.3 is 0 Å². The summed E-state index contributed by atoms with van der Waals surface area (Å²) in [6.07, 6.45) is 5.31. The van der Waals surface area contributed by atoms with Gasteiger partial charge in [-0.1, -0.05) is 133 Å². The molecular weight excluding hydrogens is 432 g/mol. The van der Waals surface area contributed by atoms with Crippen molar-refractivity contribution in [2.45, 2.75) is 27.2 Å². The summed E-state index contributed by atoms with van der Waals surface area (Å²) in [6, 6.07) is 42.0. The van der Waals surface area contributed by atoms with Gasteiger partial charge in [0.25, 0.3) is 0 Å². The molecule has 5 aromatic carbocycles. The molecule has 0 unspecified atom stereocenters. The van der Waals surface area contributed by atoms with Crippen molar-refractivity contribution in [2.24, 2.45) is 0 Å². The van der Waals surface area contributed by atoms with E-state index in [1.54, 1.807) is 0 Å². The summed E-state index contributed by atoms with van der Waals surface area (Å²) in [4.78, 5) is 0. The average Bonchev–Trinajstić information content (AvgIpc) is 2.93. The smallest absolute Gasteiger partial charge is 0.00852 e. The molecule has 176 valence electrons. The minimum Gasteiger partial charge on any atom is -0.0913 e. The Kier molecular flexibility index (Phi) is 6.96. The van der Waals surface area contributed by atoms with Crippen LogP contribution in [0.3, 0.4) is 0 Å². The van der Waals surface area contributed by atoms with Crippen molar-refractivity contribution < 1.29 is 0 Å². The van der Waals surface area contributed by atoms with Crippen LogP contribution in [-0.4, -0.2) is 0 Å². The summed E-state index contributed by atoms with van der Waals surface area (Å²) in [5.41, 5.74) is 14.1. The van der Waals surface area contributed by atoms with E-state index in [2.05, 4.69) is 148 Å². The zero-order valence-electron chi connectivity index (χ0n) is 21.3. The molecule has 5 aromatic rings. The molecule has 0 amide bonds. The zero-order valence-corrected chi connectivity index (χ0v) is 21.3.